The van der Waals surface area contributed by atoms with Crippen molar-refractivity contribution >= 4 is 29.3 Å². The number of pyridine rings is 1. The Labute approximate surface area is 178 Å². The van der Waals surface area contributed by atoms with Gasteiger partial charge in [0.2, 0.25) is 5.91 Å². The Hall–Kier alpha value is -3.33. The number of anilines is 1. The van der Waals surface area contributed by atoms with Crippen molar-refractivity contribution in [3.8, 4) is 5.75 Å². The SMILES string of the molecule is COc1cccc(NC(=O)CN(C)C(=O)c2cccnc2SCc2cc(C)on2)c1. The molecule has 0 aliphatic carbocycles. The zero-order valence-corrected chi connectivity index (χ0v) is 17.7. The van der Waals surface area contributed by atoms with Gasteiger partial charge in [0, 0.05) is 36.8 Å². The molecule has 1 N–H and O–H groups in total. The zero-order valence-electron chi connectivity index (χ0n) is 16.9. The van der Waals surface area contributed by atoms with Crippen molar-refractivity contribution < 1.29 is 18.8 Å². The number of nitrogens with zero attached hydrogens (tertiary/aromatic N) is 3. The van der Waals surface area contributed by atoms with Crippen molar-refractivity contribution in [3.05, 3.63) is 65.7 Å². The Balaban J connectivity index is 1.63. The lowest BCUT2D eigenvalue weighted by molar-refractivity contribution is -0.116. The maximum absolute atomic E-state index is 12.9. The molecule has 0 aliphatic rings. The zero-order chi connectivity index (χ0) is 21.5. The molecule has 0 radical (unpaired) electrons. The number of methoxy groups -OCH3 is 1. The minimum Gasteiger partial charge on any atom is -0.497 e. The number of hydrogen-bond acceptors (Lipinski definition) is 7. The highest BCUT2D eigenvalue weighted by Gasteiger charge is 2.19. The largest absolute Gasteiger partial charge is 0.497 e. The topological polar surface area (TPSA) is 97.6 Å². The summed E-state index contributed by atoms with van der Waals surface area (Å²) in [5.74, 6) is 1.29. The lowest BCUT2D eigenvalue weighted by Crippen LogP contribution is -2.35. The summed E-state index contributed by atoms with van der Waals surface area (Å²) in [5, 5.41) is 7.29. The molecular formula is C21H22N4O4S. The van der Waals surface area contributed by atoms with Gasteiger partial charge in [0.05, 0.1) is 24.9 Å². The number of thioether (sulfide) groups is 1. The molecule has 156 valence electrons. The van der Waals surface area contributed by atoms with Crippen LogP contribution in [-0.4, -0.2) is 47.6 Å². The number of rotatable bonds is 8. The van der Waals surface area contributed by atoms with Crippen LogP contribution in [0.15, 0.2) is 58.2 Å². The van der Waals surface area contributed by atoms with Crippen molar-refractivity contribution in [1.82, 2.24) is 15.0 Å². The summed E-state index contributed by atoms with van der Waals surface area (Å²) in [6.45, 7) is 1.72. The van der Waals surface area contributed by atoms with Crippen LogP contribution in [0.5, 0.6) is 5.75 Å². The molecule has 0 unspecified atom stereocenters. The van der Waals surface area contributed by atoms with Crippen molar-refractivity contribution in [2.75, 3.05) is 26.0 Å². The summed E-state index contributed by atoms with van der Waals surface area (Å²) in [6, 6.07) is 12.3. The molecule has 0 atom stereocenters. The third kappa shape index (κ3) is 5.60. The summed E-state index contributed by atoms with van der Waals surface area (Å²) in [7, 11) is 3.14. The minimum absolute atomic E-state index is 0.0997. The van der Waals surface area contributed by atoms with E-state index in [1.165, 1.54) is 16.7 Å². The Morgan fingerprint density at radius 2 is 2.07 bits per heavy atom. The maximum atomic E-state index is 12.9. The Morgan fingerprint density at radius 1 is 1.23 bits per heavy atom. The van der Waals surface area contributed by atoms with Crippen LogP contribution in [0.1, 0.15) is 21.8 Å². The van der Waals surface area contributed by atoms with Gasteiger partial charge in [0.25, 0.3) is 5.91 Å². The van der Waals surface area contributed by atoms with Gasteiger partial charge in [-0.1, -0.05) is 23.0 Å². The van der Waals surface area contributed by atoms with Gasteiger partial charge in [-0.2, -0.15) is 0 Å². The Morgan fingerprint density at radius 3 is 2.80 bits per heavy atom. The van der Waals surface area contributed by atoms with Gasteiger partial charge in [0.15, 0.2) is 0 Å². The summed E-state index contributed by atoms with van der Waals surface area (Å²) >= 11 is 1.39. The van der Waals surface area contributed by atoms with Crippen LogP contribution in [0.25, 0.3) is 0 Å². The first-order valence-corrected chi connectivity index (χ1v) is 10.1. The number of benzene rings is 1. The van der Waals surface area contributed by atoms with E-state index < -0.39 is 0 Å². The van der Waals surface area contributed by atoms with Crippen LogP contribution < -0.4 is 10.1 Å². The van der Waals surface area contributed by atoms with E-state index in [9.17, 15) is 9.59 Å². The molecule has 3 aromatic rings. The molecule has 8 nitrogen and oxygen atoms in total. The van der Waals surface area contributed by atoms with Crippen molar-refractivity contribution in [1.29, 1.82) is 0 Å². The molecule has 1 aromatic carbocycles. The monoisotopic (exact) mass is 426 g/mol. The molecule has 2 aromatic heterocycles. The summed E-state index contributed by atoms with van der Waals surface area (Å²) < 4.78 is 10.2. The molecule has 2 heterocycles. The molecule has 9 heteroatoms. The highest BCUT2D eigenvalue weighted by molar-refractivity contribution is 7.98. The van der Waals surface area contributed by atoms with Gasteiger partial charge in [-0.05, 0) is 31.2 Å². The molecule has 0 saturated heterocycles. The minimum atomic E-state index is -0.310. The van der Waals surface area contributed by atoms with E-state index in [2.05, 4.69) is 15.5 Å². The second kappa shape index (κ2) is 9.93. The number of aromatic nitrogens is 2. The van der Waals surface area contributed by atoms with Crippen molar-refractivity contribution in [2.24, 2.45) is 0 Å². The molecular weight excluding hydrogens is 404 g/mol. The molecule has 0 spiro atoms. The fourth-order valence-corrected chi connectivity index (χ4v) is 3.56. The van der Waals surface area contributed by atoms with E-state index in [1.54, 1.807) is 56.8 Å². The lowest BCUT2D eigenvalue weighted by atomic mass is 10.2. The lowest BCUT2D eigenvalue weighted by Gasteiger charge is -2.18. The predicted octanol–water partition coefficient (Wildman–Crippen LogP) is 3.39. The first kappa shape index (κ1) is 21.4. The third-order valence-corrected chi connectivity index (χ3v) is 5.15. The first-order chi connectivity index (χ1) is 14.5. The fourth-order valence-electron chi connectivity index (χ4n) is 2.69. The van der Waals surface area contributed by atoms with Gasteiger partial charge in [-0.3, -0.25) is 9.59 Å². The smallest absolute Gasteiger partial charge is 0.256 e. The van der Waals surface area contributed by atoms with Gasteiger partial charge >= 0.3 is 0 Å². The highest BCUT2D eigenvalue weighted by atomic mass is 32.2. The quantitative estimate of drug-likeness (QED) is 0.551. The number of likely N-dealkylation sites (N-methyl/N-ethyl adjacent to an activating group) is 1. The molecule has 2 amide bonds. The second-order valence-corrected chi connectivity index (χ2v) is 7.48. The van der Waals surface area contributed by atoms with Crippen LogP contribution in [-0.2, 0) is 10.5 Å². The van der Waals surface area contributed by atoms with E-state index in [4.69, 9.17) is 9.26 Å². The van der Waals surface area contributed by atoms with E-state index in [1.807, 2.05) is 13.0 Å². The number of amides is 2. The maximum Gasteiger partial charge on any atom is 0.256 e. The number of ether oxygens (including phenoxy) is 1. The van der Waals surface area contributed by atoms with Crippen LogP contribution in [0, 0.1) is 6.92 Å². The van der Waals surface area contributed by atoms with Gasteiger partial charge in [-0.25, -0.2) is 4.98 Å². The normalized spacial score (nSPS) is 10.5. The highest BCUT2D eigenvalue weighted by Crippen LogP contribution is 2.25. The second-order valence-electron chi connectivity index (χ2n) is 6.52. The van der Waals surface area contributed by atoms with E-state index in [-0.39, 0.29) is 18.4 Å². The fraction of sp³-hybridized carbons (Fsp3) is 0.238. The third-order valence-electron chi connectivity index (χ3n) is 4.12. The molecule has 0 saturated carbocycles. The summed E-state index contributed by atoms with van der Waals surface area (Å²) in [5.41, 5.74) is 1.80. The Kier molecular flexibility index (Phi) is 7.08. The van der Waals surface area contributed by atoms with Crippen LogP contribution in [0.4, 0.5) is 5.69 Å². The molecule has 0 aliphatic heterocycles. The van der Waals surface area contributed by atoms with E-state index >= 15 is 0 Å². The predicted molar refractivity (Wildman–Crippen MR) is 114 cm³/mol. The standard InChI is InChI=1S/C21H22N4O4S/c1-14-10-16(24-29-14)13-30-20-18(8-5-9-22-20)21(27)25(2)12-19(26)23-15-6-4-7-17(11-15)28-3/h4-11H,12-13H2,1-3H3,(H,23,26). The van der Waals surface area contributed by atoms with Crippen LogP contribution in [0.3, 0.4) is 0 Å². The average Bonchev–Trinajstić information content (AvgIpc) is 3.17. The van der Waals surface area contributed by atoms with Crippen molar-refractivity contribution in [2.45, 2.75) is 17.7 Å². The molecule has 30 heavy (non-hydrogen) atoms. The number of carbonyl (C=O) groups is 2. The van der Waals surface area contributed by atoms with E-state index in [0.29, 0.717) is 27.8 Å². The average molecular weight is 426 g/mol. The number of carbonyl (C=O) groups excluding carboxylic acids is 2. The van der Waals surface area contributed by atoms with E-state index in [0.717, 1.165) is 11.5 Å². The van der Waals surface area contributed by atoms with Crippen molar-refractivity contribution in [3.63, 3.8) is 0 Å². The number of hydrogen-bond donors (Lipinski definition) is 1. The Bertz CT molecular complexity index is 1040. The van der Waals surface area contributed by atoms with Gasteiger partial charge in [-0.15, -0.1) is 0 Å². The van der Waals surface area contributed by atoms with Crippen LogP contribution >= 0.6 is 11.8 Å². The van der Waals surface area contributed by atoms with Crippen LogP contribution in [0.2, 0.25) is 0 Å². The first-order valence-electron chi connectivity index (χ1n) is 9.15. The molecule has 3 rings (SSSR count). The van der Waals surface area contributed by atoms with Gasteiger partial charge in [0.1, 0.15) is 16.5 Å². The number of nitrogens with one attached hydrogen (secondary N) is 1. The summed E-state index contributed by atoms with van der Waals surface area (Å²) in [4.78, 5) is 30.9. The molecule has 0 bridgehead atoms. The number of aryl methyl sites for hydroxylation is 1. The summed E-state index contributed by atoms with van der Waals surface area (Å²) in [6.07, 6.45) is 1.63. The molecule has 0 fully saturated rings. The van der Waals surface area contributed by atoms with Gasteiger partial charge < -0.3 is 19.5 Å².